The normalized spacial score (nSPS) is 11.0. The molecule has 3 aromatic rings. The SMILES string of the molecule is CC(=O)Oc1cc(Cc2ccccc2)c(C)c(Cc2ccoc2)c1C(C)C. The van der Waals surface area contributed by atoms with E-state index < -0.39 is 0 Å². The second kappa shape index (κ2) is 8.26. The molecule has 0 N–H and O–H groups in total. The fourth-order valence-electron chi connectivity index (χ4n) is 3.59. The van der Waals surface area contributed by atoms with E-state index in [0.717, 1.165) is 24.0 Å². The third-order valence-electron chi connectivity index (χ3n) is 4.86. The van der Waals surface area contributed by atoms with Crippen molar-refractivity contribution >= 4 is 5.97 Å². The van der Waals surface area contributed by atoms with Crippen molar-refractivity contribution in [2.75, 3.05) is 0 Å². The lowest BCUT2D eigenvalue weighted by Gasteiger charge is -2.22. The Morgan fingerprint density at radius 1 is 1.07 bits per heavy atom. The molecule has 1 heterocycles. The van der Waals surface area contributed by atoms with Gasteiger partial charge in [0.05, 0.1) is 12.5 Å². The summed E-state index contributed by atoms with van der Waals surface area (Å²) in [6, 6.07) is 14.4. The van der Waals surface area contributed by atoms with Crippen molar-refractivity contribution in [1.82, 2.24) is 0 Å². The van der Waals surface area contributed by atoms with E-state index in [0.29, 0.717) is 5.75 Å². The van der Waals surface area contributed by atoms with E-state index in [1.54, 1.807) is 12.5 Å². The average molecular weight is 362 g/mol. The lowest BCUT2D eigenvalue weighted by Crippen LogP contribution is -2.11. The first kappa shape index (κ1) is 19.0. The van der Waals surface area contributed by atoms with Gasteiger partial charge in [0.2, 0.25) is 0 Å². The smallest absolute Gasteiger partial charge is 0.308 e. The summed E-state index contributed by atoms with van der Waals surface area (Å²) in [4.78, 5) is 11.7. The van der Waals surface area contributed by atoms with Crippen LogP contribution >= 0.6 is 0 Å². The van der Waals surface area contributed by atoms with Crippen molar-refractivity contribution in [2.24, 2.45) is 0 Å². The van der Waals surface area contributed by atoms with Gasteiger partial charge in [-0.15, -0.1) is 0 Å². The molecule has 3 rings (SSSR count). The minimum absolute atomic E-state index is 0.241. The first-order chi connectivity index (χ1) is 13.0. The molecule has 3 heteroatoms. The van der Waals surface area contributed by atoms with E-state index in [9.17, 15) is 4.79 Å². The van der Waals surface area contributed by atoms with Crippen molar-refractivity contribution in [3.05, 3.63) is 88.4 Å². The Morgan fingerprint density at radius 3 is 2.41 bits per heavy atom. The molecule has 0 bridgehead atoms. The molecule has 0 spiro atoms. The van der Waals surface area contributed by atoms with Gasteiger partial charge in [-0.3, -0.25) is 4.79 Å². The van der Waals surface area contributed by atoms with Gasteiger partial charge < -0.3 is 9.15 Å². The van der Waals surface area contributed by atoms with Crippen LogP contribution in [0.2, 0.25) is 0 Å². The topological polar surface area (TPSA) is 39.4 Å². The molecule has 27 heavy (non-hydrogen) atoms. The summed E-state index contributed by atoms with van der Waals surface area (Å²) in [6.07, 6.45) is 5.03. The lowest BCUT2D eigenvalue weighted by molar-refractivity contribution is -0.131. The second-order valence-electron chi connectivity index (χ2n) is 7.27. The molecule has 0 unspecified atom stereocenters. The maximum absolute atomic E-state index is 11.7. The maximum Gasteiger partial charge on any atom is 0.308 e. The minimum Gasteiger partial charge on any atom is -0.472 e. The lowest BCUT2D eigenvalue weighted by atomic mass is 9.85. The summed E-state index contributed by atoms with van der Waals surface area (Å²) >= 11 is 0. The molecule has 3 nitrogen and oxygen atoms in total. The maximum atomic E-state index is 11.7. The summed E-state index contributed by atoms with van der Waals surface area (Å²) in [5, 5.41) is 0. The molecule has 0 atom stereocenters. The van der Waals surface area contributed by atoms with Crippen LogP contribution in [0.25, 0.3) is 0 Å². The molecule has 0 saturated heterocycles. The van der Waals surface area contributed by atoms with Gasteiger partial charge in [-0.05, 0) is 59.2 Å². The number of benzene rings is 2. The van der Waals surface area contributed by atoms with Gasteiger partial charge in [0.25, 0.3) is 0 Å². The standard InChI is InChI=1S/C24H26O3/c1-16(2)24-22(13-20-10-11-26-15-20)17(3)21(14-23(24)27-18(4)25)12-19-8-6-5-7-9-19/h5-11,14-16H,12-13H2,1-4H3. The monoisotopic (exact) mass is 362 g/mol. The van der Waals surface area contributed by atoms with E-state index in [1.807, 2.05) is 30.3 Å². The van der Waals surface area contributed by atoms with E-state index in [-0.39, 0.29) is 11.9 Å². The number of carbonyl (C=O) groups excluding carboxylic acids is 1. The first-order valence-electron chi connectivity index (χ1n) is 9.34. The van der Waals surface area contributed by atoms with Gasteiger partial charge in [0.15, 0.2) is 0 Å². The van der Waals surface area contributed by atoms with Crippen LogP contribution in [-0.2, 0) is 17.6 Å². The van der Waals surface area contributed by atoms with Gasteiger partial charge in [0, 0.05) is 18.9 Å². The Morgan fingerprint density at radius 2 is 1.81 bits per heavy atom. The highest BCUT2D eigenvalue weighted by Crippen LogP contribution is 2.36. The number of hydrogen-bond acceptors (Lipinski definition) is 3. The average Bonchev–Trinajstić information content (AvgIpc) is 3.12. The Bertz CT molecular complexity index is 907. The summed E-state index contributed by atoms with van der Waals surface area (Å²) in [5.74, 6) is 0.624. The zero-order chi connectivity index (χ0) is 19.4. The highest BCUT2D eigenvalue weighted by Gasteiger charge is 2.21. The van der Waals surface area contributed by atoms with Crippen LogP contribution in [0.4, 0.5) is 0 Å². The third kappa shape index (κ3) is 4.48. The summed E-state index contributed by atoms with van der Waals surface area (Å²) in [6.45, 7) is 7.89. The predicted molar refractivity (Wildman–Crippen MR) is 107 cm³/mol. The fourth-order valence-corrected chi connectivity index (χ4v) is 3.59. The van der Waals surface area contributed by atoms with Crippen molar-refractivity contribution in [3.8, 4) is 5.75 Å². The molecule has 1 aromatic heterocycles. The van der Waals surface area contributed by atoms with Crippen molar-refractivity contribution in [1.29, 1.82) is 0 Å². The van der Waals surface area contributed by atoms with Crippen LogP contribution in [0.15, 0.2) is 59.4 Å². The van der Waals surface area contributed by atoms with Crippen molar-refractivity contribution in [3.63, 3.8) is 0 Å². The van der Waals surface area contributed by atoms with Crippen LogP contribution < -0.4 is 4.74 Å². The van der Waals surface area contributed by atoms with Crippen LogP contribution in [0, 0.1) is 6.92 Å². The molecule has 0 fully saturated rings. The van der Waals surface area contributed by atoms with Crippen LogP contribution in [0.5, 0.6) is 5.75 Å². The molecule has 0 amide bonds. The number of carbonyl (C=O) groups is 1. The van der Waals surface area contributed by atoms with Gasteiger partial charge in [-0.25, -0.2) is 0 Å². The van der Waals surface area contributed by atoms with Gasteiger partial charge in [0.1, 0.15) is 5.75 Å². The molecule has 0 radical (unpaired) electrons. The molecule has 0 aliphatic heterocycles. The summed E-state index contributed by atoms with van der Waals surface area (Å²) in [5.41, 5.74) is 7.10. The van der Waals surface area contributed by atoms with Gasteiger partial charge >= 0.3 is 5.97 Å². The molecular weight excluding hydrogens is 336 g/mol. The minimum atomic E-state index is -0.291. The van der Waals surface area contributed by atoms with Crippen molar-refractivity contribution in [2.45, 2.75) is 46.5 Å². The third-order valence-corrected chi connectivity index (χ3v) is 4.86. The summed E-state index contributed by atoms with van der Waals surface area (Å²) < 4.78 is 10.9. The number of rotatable bonds is 6. The summed E-state index contributed by atoms with van der Waals surface area (Å²) in [7, 11) is 0. The Labute approximate surface area is 161 Å². The Hall–Kier alpha value is -2.81. The van der Waals surface area contributed by atoms with Crippen LogP contribution in [-0.4, -0.2) is 5.97 Å². The quantitative estimate of drug-likeness (QED) is 0.410. The van der Waals surface area contributed by atoms with E-state index in [4.69, 9.17) is 9.15 Å². The number of hydrogen-bond donors (Lipinski definition) is 0. The highest BCUT2D eigenvalue weighted by atomic mass is 16.5. The zero-order valence-corrected chi connectivity index (χ0v) is 16.4. The van der Waals surface area contributed by atoms with E-state index in [2.05, 4.69) is 32.9 Å². The van der Waals surface area contributed by atoms with Crippen LogP contribution in [0.1, 0.15) is 60.1 Å². The highest BCUT2D eigenvalue weighted by molar-refractivity contribution is 5.71. The van der Waals surface area contributed by atoms with Crippen LogP contribution in [0.3, 0.4) is 0 Å². The van der Waals surface area contributed by atoms with Gasteiger partial charge in [-0.1, -0.05) is 44.2 Å². The molecule has 0 aliphatic carbocycles. The Kier molecular flexibility index (Phi) is 5.80. The zero-order valence-electron chi connectivity index (χ0n) is 16.4. The molecule has 0 saturated carbocycles. The molecular formula is C24H26O3. The molecule has 140 valence electrons. The largest absolute Gasteiger partial charge is 0.472 e. The second-order valence-corrected chi connectivity index (χ2v) is 7.27. The number of esters is 1. The first-order valence-corrected chi connectivity index (χ1v) is 9.34. The predicted octanol–water partition coefficient (Wildman–Crippen LogP) is 5.82. The number of furan rings is 1. The fraction of sp³-hybridized carbons (Fsp3) is 0.292. The Balaban J connectivity index is 2.14. The molecule has 0 aliphatic rings. The molecule has 2 aromatic carbocycles. The number of ether oxygens (including phenoxy) is 1. The van der Waals surface area contributed by atoms with E-state index >= 15 is 0 Å². The van der Waals surface area contributed by atoms with Gasteiger partial charge in [-0.2, -0.15) is 0 Å². The van der Waals surface area contributed by atoms with Crippen molar-refractivity contribution < 1.29 is 13.9 Å². The van der Waals surface area contributed by atoms with E-state index in [1.165, 1.54) is 29.2 Å².